The Bertz CT molecular complexity index is 847. The first-order chi connectivity index (χ1) is 12.5. The van der Waals surface area contributed by atoms with Gasteiger partial charge in [0.1, 0.15) is 0 Å². The lowest BCUT2D eigenvalue weighted by molar-refractivity contribution is -0.120. The number of nitrogens with one attached hydrogen (secondary N) is 3. The van der Waals surface area contributed by atoms with E-state index in [1.54, 1.807) is 11.7 Å². The third-order valence-corrected chi connectivity index (χ3v) is 5.10. The molecular weight excluding hydrogens is 332 g/mol. The number of H-pyrrole nitrogens is 1. The van der Waals surface area contributed by atoms with Crippen molar-refractivity contribution in [1.82, 2.24) is 30.3 Å². The molecule has 0 unspecified atom stereocenters. The molecule has 8 nitrogen and oxygen atoms in total. The highest BCUT2D eigenvalue weighted by molar-refractivity contribution is 5.84. The van der Waals surface area contributed by atoms with Crippen LogP contribution in [0.3, 0.4) is 0 Å². The number of hydrogen-bond donors (Lipinski definition) is 3. The molecule has 142 valence electrons. The maximum absolute atomic E-state index is 12.3. The first-order valence-corrected chi connectivity index (χ1v) is 9.22. The summed E-state index contributed by atoms with van der Waals surface area (Å²) in [6.07, 6.45) is 1.20. The fourth-order valence-corrected chi connectivity index (χ4v) is 3.60. The van der Waals surface area contributed by atoms with Gasteiger partial charge in [-0.2, -0.15) is 0 Å². The number of piperazine rings is 1. The molecule has 3 rings (SSSR count). The highest BCUT2D eigenvalue weighted by Crippen LogP contribution is 2.20. The third kappa shape index (κ3) is 3.96. The molecule has 1 aliphatic heterocycles. The Morgan fingerprint density at radius 1 is 1.27 bits per heavy atom. The summed E-state index contributed by atoms with van der Waals surface area (Å²) >= 11 is 0. The first-order valence-electron chi connectivity index (χ1n) is 9.22. The van der Waals surface area contributed by atoms with Crippen LogP contribution in [0.1, 0.15) is 23.2 Å². The molecule has 3 N–H and O–H groups in total. The molecule has 0 spiro atoms. The first kappa shape index (κ1) is 18.6. The van der Waals surface area contributed by atoms with Gasteiger partial charge in [-0.05, 0) is 37.9 Å². The summed E-state index contributed by atoms with van der Waals surface area (Å²) in [4.78, 5) is 31.4. The van der Waals surface area contributed by atoms with E-state index in [4.69, 9.17) is 0 Å². The Morgan fingerprint density at radius 3 is 2.73 bits per heavy atom. The highest BCUT2D eigenvalue weighted by atomic mass is 16.1. The van der Waals surface area contributed by atoms with E-state index < -0.39 is 0 Å². The monoisotopic (exact) mass is 360 g/mol. The SMILES string of the molecule is Cc1nc2c(c(C)c1CC(=O)NCCCN1CCNCC1)c(=O)[nH]n2C. The van der Waals surface area contributed by atoms with Crippen LogP contribution in [-0.4, -0.2) is 64.8 Å². The van der Waals surface area contributed by atoms with Crippen LogP contribution in [-0.2, 0) is 18.3 Å². The topological polar surface area (TPSA) is 95.1 Å². The van der Waals surface area contributed by atoms with Gasteiger partial charge in [-0.15, -0.1) is 0 Å². The van der Waals surface area contributed by atoms with E-state index in [1.165, 1.54) is 0 Å². The average molecular weight is 360 g/mol. The summed E-state index contributed by atoms with van der Waals surface area (Å²) in [7, 11) is 1.76. The molecule has 1 fully saturated rings. The predicted molar refractivity (Wildman–Crippen MR) is 101 cm³/mol. The lowest BCUT2D eigenvalue weighted by Crippen LogP contribution is -2.44. The molecule has 2 aromatic heterocycles. The van der Waals surface area contributed by atoms with Crippen molar-refractivity contribution in [2.75, 3.05) is 39.3 Å². The third-order valence-electron chi connectivity index (χ3n) is 5.10. The minimum atomic E-state index is -0.162. The van der Waals surface area contributed by atoms with E-state index in [0.717, 1.165) is 56.0 Å². The van der Waals surface area contributed by atoms with Crippen molar-refractivity contribution < 1.29 is 4.79 Å². The van der Waals surface area contributed by atoms with E-state index in [-0.39, 0.29) is 17.9 Å². The summed E-state index contributed by atoms with van der Waals surface area (Å²) in [5.41, 5.74) is 2.94. The minimum Gasteiger partial charge on any atom is -0.356 e. The Balaban J connectivity index is 1.58. The standard InChI is InChI=1S/C18H28N6O2/c1-12-14(13(2)21-17-16(12)18(26)22-23(17)3)11-15(25)20-5-4-8-24-9-6-19-7-10-24/h19H,4-11H2,1-3H3,(H,20,25)(H,22,26). The van der Waals surface area contributed by atoms with Gasteiger partial charge >= 0.3 is 0 Å². The van der Waals surface area contributed by atoms with Crippen molar-refractivity contribution in [2.24, 2.45) is 7.05 Å². The van der Waals surface area contributed by atoms with Crippen molar-refractivity contribution in [1.29, 1.82) is 0 Å². The maximum atomic E-state index is 12.3. The summed E-state index contributed by atoms with van der Waals surface area (Å²) in [6, 6.07) is 0. The number of amides is 1. The minimum absolute atomic E-state index is 0.0231. The van der Waals surface area contributed by atoms with Crippen molar-refractivity contribution in [2.45, 2.75) is 26.7 Å². The summed E-state index contributed by atoms with van der Waals surface area (Å²) in [5.74, 6) is -0.0231. The van der Waals surface area contributed by atoms with Gasteiger partial charge in [0, 0.05) is 45.5 Å². The summed E-state index contributed by atoms with van der Waals surface area (Å²) in [5, 5.41) is 9.62. The van der Waals surface area contributed by atoms with Crippen LogP contribution in [0, 0.1) is 13.8 Å². The number of aromatic amines is 1. The molecule has 1 aliphatic rings. The molecule has 0 bridgehead atoms. The van der Waals surface area contributed by atoms with Gasteiger partial charge in [-0.25, -0.2) is 4.98 Å². The highest BCUT2D eigenvalue weighted by Gasteiger charge is 2.17. The summed E-state index contributed by atoms with van der Waals surface area (Å²) < 4.78 is 1.62. The van der Waals surface area contributed by atoms with Crippen LogP contribution < -0.4 is 16.2 Å². The van der Waals surface area contributed by atoms with Gasteiger partial charge in [-0.1, -0.05) is 0 Å². The van der Waals surface area contributed by atoms with Crippen LogP contribution in [0.25, 0.3) is 11.0 Å². The Labute approximate surface area is 152 Å². The van der Waals surface area contributed by atoms with E-state index >= 15 is 0 Å². The number of carbonyl (C=O) groups excluding carboxylic acids is 1. The molecule has 2 aromatic rings. The molecule has 1 amide bonds. The van der Waals surface area contributed by atoms with Crippen LogP contribution in [0.5, 0.6) is 0 Å². The molecule has 0 atom stereocenters. The second-order valence-corrected chi connectivity index (χ2v) is 6.97. The number of carbonyl (C=O) groups is 1. The normalized spacial score (nSPS) is 15.5. The van der Waals surface area contributed by atoms with Crippen molar-refractivity contribution in [3.63, 3.8) is 0 Å². The van der Waals surface area contributed by atoms with Gasteiger partial charge in [-0.3, -0.25) is 19.4 Å². The van der Waals surface area contributed by atoms with Gasteiger partial charge in [0.25, 0.3) is 5.56 Å². The molecular formula is C18H28N6O2. The maximum Gasteiger partial charge on any atom is 0.273 e. The zero-order valence-corrected chi connectivity index (χ0v) is 15.8. The zero-order valence-electron chi connectivity index (χ0n) is 15.8. The lowest BCUT2D eigenvalue weighted by Gasteiger charge is -2.27. The average Bonchev–Trinajstić information content (AvgIpc) is 2.90. The fourth-order valence-electron chi connectivity index (χ4n) is 3.60. The zero-order chi connectivity index (χ0) is 18.7. The molecule has 26 heavy (non-hydrogen) atoms. The number of aryl methyl sites for hydroxylation is 3. The van der Waals surface area contributed by atoms with E-state index in [9.17, 15) is 9.59 Å². The lowest BCUT2D eigenvalue weighted by atomic mass is 10.0. The van der Waals surface area contributed by atoms with Gasteiger partial charge in [0.15, 0.2) is 5.65 Å². The second kappa shape index (κ2) is 8.01. The summed E-state index contributed by atoms with van der Waals surface area (Å²) in [6.45, 7) is 9.68. The van der Waals surface area contributed by atoms with E-state index in [1.807, 2.05) is 13.8 Å². The van der Waals surface area contributed by atoms with E-state index in [0.29, 0.717) is 17.6 Å². The predicted octanol–water partition coefficient (Wildman–Crippen LogP) is -0.168. The Hall–Kier alpha value is -2.19. The smallest absolute Gasteiger partial charge is 0.273 e. The molecule has 1 saturated heterocycles. The van der Waals surface area contributed by atoms with Crippen LogP contribution in [0.2, 0.25) is 0 Å². The number of nitrogens with zero attached hydrogens (tertiary/aromatic N) is 3. The molecule has 0 radical (unpaired) electrons. The number of rotatable bonds is 6. The van der Waals surface area contributed by atoms with Gasteiger partial charge < -0.3 is 15.5 Å². The Morgan fingerprint density at radius 2 is 2.00 bits per heavy atom. The van der Waals surface area contributed by atoms with E-state index in [2.05, 4.69) is 25.6 Å². The molecule has 0 aliphatic carbocycles. The van der Waals surface area contributed by atoms with Crippen molar-refractivity contribution in [3.05, 3.63) is 27.2 Å². The molecule has 0 aromatic carbocycles. The van der Waals surface area contributed by atoms with Crippen LogP contribution in [0.4, 0.5) is 0 Å². The number of aromatic nitrogens is 3. The molecule has 3 heterocycles. The largest absolute Gasteiger partial charge is 0.356 e. The van der Waals surface area contributed by atoms with Gasteiger partial charge in [0.2, 0.25) is 5.91 Å². The van der Waals surface area contributed by atoms with Crippen LogP contribution >= 0.6 is 0 Å². The fraction of sp³-hybridized carbons (Fsp3) is 0.611. The van der Waals surface area contributed by atoms with Gasteiger partial charge in [0.05, 0.1) is 11.8 Å². The number of fused-ring (bicyclic) bond motifs is 1. The Kier molecular flexibility index (Phi) is 5.73. The quantitative estimate of drug-likeness (QED) is 0.622. The number of pyridine rings is 1. The molecule has 8 heteroatoms. The van der Waals surface area contributed by atoms with Crippen LogP contribution in [0.15, 0.2) is 4.79 Å². The second-order valence-electron chi connectivity index (χ2n) is 6.97. The number of hydrogen-bond acceptors (Lipinski definition) is 5. The molecule has 0 saturated carbocycles. The van der Waals surface area contributed by atoms with Crippen molar-refractivity contribution in [3.8, 4) is 0 Å². The van der Waals surface area contributed by atoms with Crippen molar-refractivity contribution >= 4 is 16.9 Å².